The summed E-state index contributed by atoms with van der Waals surface area (Å²) in [6, 6.07) is 9.48. The molecule has 0 bridgehead atoms. The maximum atomic E-state index is 12.1. The average Bonchev–Trinajstić information content (AvgIpc) is 3.42. The molecule has 4 atom stereocenters. The molecule has 0 spiro atoms. The van der Waals surface area contributed by atoms with Gasteiger partial charge in [0, 0.05) is 5.92 Å². The third-order valence-corrected chi connectivity index (χ3v) is 7.01. The zero-order valence-corrected chi connectivity index (χ0v) is 15.5. The minimum absolute atomic E-state index is 0.0254. The second-order valence-corrected chi connectivity index (χ2v) is 8.20. The van der Waals surface area contributed by atoms with Crippen LogP contribution in [0.15, 0.2) is 42.5 Å². The summed E-state index contributed by atoms with van der Waals surface area (Å²) in [6.07, 6.45) is 4.12. The Bertz CT molecular complexity index is 699. The topological polar surface area (TPSA) is 83.8 Å². The van der Waals surface area contributed by atoms with Gasteiger partial charge in [0.25, 0.3) is 0 Å². The molecule has 1 aromatic carbocycles. The molecule has 0 aromatic heterocycles. The molecule has 0 radical (unpaired) electrons. The Hall–Kier alpha value is -1.66. The van der Waals surface area contributed by atoms with Crippen molar-refractivity contribution in [2.45, 2.75) is 36.8 Å². The van der Waals surface area contributed by atoms with E-state index in [1.165, 1.54) is 0 Å². The third-order valence-electron chi connectivity index (χ3n) is 5.53. The molecule has 1 fully saturated rings. The van der Waals surface area contributed by atoms with Gasteiger partial charge in [-0.15, -0.1) is 0 Å². The highest BCUT2D eigenvalue weighted by atomic mass is 79.9. The van der Waals surface area contributed by atoms with E-state index < -0.39 is 33.7 Å². The number of carboxylic acid groups (broad SMARTS) is 2. The number of ether oxygens (including phenoxy) is 1. The van der Waals surface area contributed by atoms with Crippen LogP contribution in [0.25, 0.3) is 0 Å². The molecule has 2 aliphatic rings. The van der Waals surface area contributed by atoms with Crippen LogP contribution in [0.2, 0.25) is 0 Å². The zero-order valence-electron chi connectivity index (χ0n) is 13.9. The van der Waals surface area contributed by atoms with Gasteiger partial charge in [-0.25, -0.2) is 0 Å². The summed E-state index contributed by atoms with van der Waals surface area (Å²) < 4.78 is 4.39. The summed E-state index contributed by atoms with van der Waals surface area (Å²) >= 11 is 3.37. The Morgan fingerprint density at radius 2 is 1.84 bits per heavy atom. The van der Waals surface area contributed by atoms with Crippen molar-refractivity contribution in [2.75, 3.05) is 0 Å². The highest BCUT2D eigenvalue weighted by Crippen LogP contribution is 2.58. The highest BCUT2D eigenvalue weighted by Gasteiger charge is 2.65. The first-order valence-corrected chi connectivity index (χ1v) is 9.13. The molecule has 1 aromatic rings. The van der Waals surface area contributed by atoms with E-state index in [-0.39, 0.29) is 12.5 Å². The molecule has 6 heteroatoms. The number of carboxylic acids is 2. The molecule has 4 unspecified atom stereocenters. The fraction of sp³-hybridized carbons (Fsp3) is 0.474. The molecular weight excluding hydrogens is 388 g/mol. The molecule has 5 nitrogen and oxygen atoms in total. The molecule has 1 saturated carbocycles. The Balaban J connectivity index is 1.93. The van der Waals surface area contributed by atoms with Crippen molar-refractivity contribution in [2.24, 2.45) is 17.3 Å². The van der Waals surface area contributed by atoms with E-state index in [0.29, 0.717) is 0 Å². The van der Waals surface area contributed by atoms with E-state index in [1.54, 1.807) is 19.1 Å². The molecular formula is C19H21BrO5. The van der Waals surface area contributed by atoms with Gasteiger partial charge in [-0.05, 0) is 24.3 Å². The number of hydrogen-bond acceptors (Lipinski definition) is 3. The number of halogens is 1. The Morgan fingerprint density at radius 1 is 1.20 bits per heavy atom. The molecule has 0 saturated heterocycles. The lowest BCUT2D eigenvalue weighted by Gasteiger charge is -2.47. The first-order valence-electron chi connectivity index (χ1n) is 8.34. The van der Waals surface area contributed by atoms with E-state index in [2.05, 4.69) is 15.9 Å². The second-order valence-electron chi connectivity index (χ2n) is 6.88. The second kappa shape index (κ2) is 6.57. The Labute approximate surface area is 154 Å². The normalized spacial score (nSPS) is 34.6. The minimum atomic E-state index is -1.49. The summed E-state index contributed by atoms with van der Waals surface area (Å²) in [5, 5.41) is 19.8. The van der Waals surface area contributed by atoms with Crippen LogP contribution >= 0.6 is 15.9 Å². The first-order chi connectivity index (χ1) is 11.8. The van der Waals surface area contributed by atoms with E-state index >= 15 is 0 Å². The van der Waals surface area contributed by atoms with Crippen molar-refractivity contribution in [3.05, 3.63) is 48.0 Å². The average molecular weight is 409 g/mol. The zero-order chi connectivity index (χ0) is 18.2. The fourth-order valence-corrected chi connectivity index (χ4v) is 4.51. The largest absolute Gasteiger partial charge is 0.481 e. The van der Waals surface area contributed by atoms with Crippen LogP contribution < -0.4 is 0 Å². The van der Waals surface area contributed by atoms with E-state index in [4.69, 9.17) is 4.74 Å². The monoisotopic (exact) mass is 408 g/mol. The number of rotatable bonds is 6. The van der Waals surface area contributed by atoms with Gasteiger partial charge in [-0.3, -0.25) is 9.59 Å². The predicted molar refractivity (Wildman–Crippen MR) is 95.4 cm³/mol. The lowest BCUT2D eigenvalue weighted by Crippen LogP contribution is -2.59. The molecule has 134 valence electrons. The summed E-state index contributed by atoms with van der Waals surface area (Å²) in [6.45, 7) is 1.95. The van der Waals surface area contributed by atoms with Crippen molar-refractivity contribution >= 4 is 27.9 Å². The molecule has 0 heterocycles. The van der Waals surface area contributed by atoms with E-state index in [9.17, 15) is 19.8 Å². The SMILES string of the molecule is CC1C(Br)(C(=O)O)C(OCc2ccccc2)C=CC1(C(=O)O)C1CC1. The quantitative estimate of drug-likeness (QED) is 0.555. The third kappa shape index (κ3) is 2.91. The van der Waals surface area contributed by atoms with Gasteiger partial charge in [0.05, 0.1) is 12.0 Å². The van der Waals surface area contributed by atoms with Gasteiger partial charge in [0.2, 0.25) is 0 Å². The first kappa shape index (κ1) is 18.1. The molecule has 0 aliphatic heterocycles. The van der Waals surface area contributed by atoms with Crippen LogP contribution in [0.3, 0.4) is 0 Å². The summed E-state index contributed by atoms with van der Waals surface area (Å²) in [5.41, 5.74) is -0.241. The Kier molecular flexibility index (Phi) is 4.77. The standard InChI is InChI=1S/C19H21BrO5/c1-12-18(16(21)22,14-7-8-14)10-9-15(19(12,20)17(23)24)25-11-13-5-3-2-4-6-13/h2-6,9-10,12,14-15H,7-8,11H2,1H3,(H,21,22)(H,23,24). The summed E-state index contributed by atoms with van der Waals surface area (Å²) in [5.74, 6) is -2.75. The van der Waals surface area contributed by atoms with Gasteiger partial charge in [0.1, 0.15) is 6.10 Å². The van der Waals surface area contributed by atoms with Gasteiger partial charge < -0.3 is 14.9 Å². The molecule has 3 rings (SSSR count). The van der Waals surface area contributed by atoms with Crippen LogP contribution in [0.4, 0.5) is 0 Å². The molecule has 2 N–H and O–H groups in total. The molecule has 0 amide bonds. The van der Waals surface area contributed by atoms with Crippen LogP contribution in [0.1, 0.15) is 25.3 Å². The number of benzene rings is 1. The number of aliphatic carboxylic acids is 2. The molecule has 25 heavy (non-hydrogen) atoms. The van der Waals surface area contributed by atoms with E-state index in [0.717, 1.165) is 18.4 Å². The van der Waals surface area contributed by atoms with Crippen molar-refractivity contribution < 1.29 is 24.5 Å². The van der Waals surface area contributed by atoms with Crippen LogP contribution in [-0.4, -0.2) is 32.6 Å². The number of hydrogen-bond donors (Lipinski definition) is 2. The fourth-order valence-electron chi connectivity index (χ4n) is 3.85. The van der Waals surface area contributed by atoms with Gasteiger partial charge in [-0.2, -0.15) is 0 Å². The van der Waals surface area contributed by atoms with Crippen molar-refractivity contribution in [1.82, 2.24) is 0 Å². The van der Waals surface area contributed by atoms with Crippen molar-refractivity contribution in [3.63, 3.8) is 0 Å². The van der Waals surface area contributed by atoms with Gasteiger partial charge in [-0.1, -0.05) is 65.3 Å². The van der Waals surface area contributed by atoms with Crippen molar-refractivity contribution in [3.8, 4) is 0 Å². The van der Waals surface area contributed by atoms with Crippen LogP contribution in [0.5, 0.6) is 0 Å². The Morgan fingerprint density at radius 3 is 2.36 bits per heavy atom. The van der Waals surface area contributed by atoms with Crippen LogP contribution in [0, 0.1) is 17.3 Å². The van der Waals surface area contributed by atoms with E-state index in [1.807, 2.05) is 30.3 Å². The van der Waals surface area contributed by atoms with Crippen LogP contribution in [-0.2, 0) is 20.9 Å². The maximum Gasteiger partial charge on any atom is 0.323 e. The lowest BCUT2D eigenvalue weighted by molar-refractivity contribution is -0.158. The number of carbonyl (C=O) groups is 2. The lowest BCUT2D eigenvalue weighted by atomic mass is 9.62. The van der Waals surface area contributed by atoms with Crippen molar-refractivity contribution in [1.29, 1.82) is 0 Å². The van der Waals surface area contributed by atoms with Gasteiger partial charge in [0.15, 0.2) is 4.32 Å². The summed E-state index contributed by atoms with van der Waals surface area (Å²) in [7, 11) is 0. The number of alkyl halides is 1. The predicted octanol–water partition coefficient (Wildman–Crippen LogP) is 3.48. The maximum absolute atomic E-state index is 12.1. The smallest absolute Gasteiger partial charge is 0.323 e. The summed E-state index contributed by atoms with van der Waals surface area (Å²) in [4.78, 5) is 24.2. The van der Waals surface area contributed by atoms with Gasteiger partial charge >= 0.3 is 11.9 Å². The molecule has 2 aliphatic carbocycles. The highest BCUT2D eigenvalue weighted by molar-refractivity contribution is 9.10. The minimum Gasteiger partial charge on any atom is -0.481 e.